The van der Waals surface area contributed by atoms with Crippen molar-refractivity contribution in [2.75, 3.05) is 13.7 Å². The van der Waals surface area contributed by atoms with Crippen LogP contribution in [0.4, 0.5) is 0 Å². The number of aromatic nitrogens is 2. The molecule has 3 aromatic rings. The van der Waals surface area contributed by atoms with E-state index in [1.54, 1.807) is 19.4 Å². The Morgan fingerprint density at radius 2 is 2.00 bits per heavy atom. The van der Waals surface area contributed by atoms with Crippen LogP contribution in [0.15, 0.2) is 57.4 Å². The molecular weight excluding hydrogens is 506 g/mol. The largest absolute Gasteiger partial charge is 0.493 e. The van der Waals surface area contributed by atoms with Crippen LogP contribution in [0.3, 0.4) is 0 Å². The molecule has 1 heterocycles. The monoisotopic (exact) mass is 539 g/mol. The van der Waals surface area contributed by atoms with Crippen molar-refractivity contribution >= 4 is 33.0 Å². The molecule has 1 atom stereocenters. The standard InChI is InChI=1S/C28H34BrN3O3/c1-8-10-20-13-19(14-24(34-7)25(20)35-17-28(4,5)6)16-30-32-26(18(3)9-2)31-23-12-11-21(29)15-22(23)27(32)33/h8,11-16,18H,1,9-10,17H2,2-7H3/t18-/m1/s1. The lowest BCUT2D eigenvalue weighted by molar-refractivity contribution is 0.190. The van der Waals surface area contributed by atoms with Crippen molar-refractivity contribution in [2.24, 2.45) is 10.5 Å². The molecule has 0 bridgehead atoms. The van der Waals surface area contributed by atoms with E-state index in [-0.39, 0.29) is 16.9 Å². The van der Waals surface area contributed by atoms with Gasteiger partial charge in [-0.15, -0.1) is 6.58 Å². The molecule has 0 radical (unpaired) electrons. The Morgan fingerprint density at radius 3 is 2.63 bits per heavy atom. The van der Waals surface area contributed by atoms with Crippen molar-refractivity contribution in [2.45, 2.75) is 53.4 Å². The molecule has 35 heavy (non-hydrogen) atoms. The van der Waals surface area contributed by atoms with Crippen LogP contribution in [-0.2, 0) is 6.42 Å². The summed E-state index contributed by atoms with van der Waals surface area (Å²) >= 11 is 3.45. The first-order valence-electron chi connectivity index (χ1n) is 11.8. The highest BCUT2D eigenvalue weighted by molar-refractivity contribution is 9.10. The van der Waals surface area contributed by atoms with Gasteiger partial charge in [0.2, 0.25) is 0 Å². The van der Waals surface area contributed by atoms with E-state index in [0.717, 1.165) is 22.0 Å². The fraction of sp³-hybridized carbons (Fsp3) is 0.393. The van der Waals surface area contributed by atoms with E-state index in [9.17, 15) is 4.79 Å². The smallest absolute Gasteiger partial charge is 0.282 e. The third-order valence-electron chi connectivity index (χ3n) is 5.60. The molecule has 0 N–H and O–H groups in total. The van der Waals surface area contributed by atoms with Crippen LogP contribution in [0.1, 0.15) is 63.9 Å². The minimum atomic E-state index is -0.203. The Labute approximate surface area is 215 Å². The Kier molecular flexibility index (Phi) is 8.54. The molecule has 3 rings (SSSR count). The second-order valence-electron chi connectivity index (χ2n) is 9.86. The maximum absolute atomic E-state index is 13.4. The normalized spacial score (nSPS) is 12.8. The van der Waals surface area contributed by atoms with Crippen LogP contribution < -0.4 is 15.0 Å². The quantitative estimate of drug-likeness (QED) is 0.223. The molecule has 2 aromatic carbocycles. The lowest BCUT2D eigenvalue weighted by Crippen LogP contribution is -2.23. The molecule has 0 amide bonds. The highest BCUT2D eigenvalue weighted by Crippen LogP contribution is 2.34. The Hall–Kier alpha value is -2.93. The fourth-order valence-electron chi connectivity index (χ4n) is 3.57. The number of hydrogen-bond donors (Lipinski definition) is 0. The lowest BCUT2D eigenvalue weighted by atomic mass is 9.98. The van der Waals surface area contributed by atoms with Crippen molar-refractivity contribution < 1.29 is 9.47 Å². The lowest BCUT2D eigenvalue weighted by Gasteiger charge is -2.22. The maximum atomic E-state index is 13.4. The second-order valence-corrected chi connectivity index (χ2v) is 10.8. The Balaban J connectivity index is 2.12. The molecule has 0 unspecified atom stereocenters. The predicted octanol–water partition coefficient (Wildman–Crippen LogP) is 6.72. The molecule has 186 valence electrons. The van der Waals surface area contributed by atoms with Gasteiger partial charge in [-0.3, -0.25) is 4.79 Å². The van der Waals surface area contributed by atoms with Gasteiger partial charge in [-0.05, 0) is 54.2 Å². The first kappa shape index (κ1) is 26.7. The molecule has 0 saturated carbocycles. The molecule has 0 aliphatic carbocycles. The zero-order chi connectivity index (χ0) is 25.8. The minimum absolute atomic E-state index is 0.00219. The van der Waals surface area contributed by atoms with E-state index < -0.39 is 0 Å². The molecule has 0 spiro atoms. The van der Waals surface area contributed by atoms with E-state index in [0.29, 0.717) is 41.3 Å². The van der Waals surface area contributed by atoms with Crippen LogP contribution in [0.5, 0.6) is 11.5 Å². The highest BCUT2D eigenvalue weighted by Gasteiger charge is 2.18. The summed E-state index contributed by atoms with van der Waals surface area (Å²) in [5, 5.41) is 5.11. The SMILES string of the molecule is C=CCc1cc(C=Nn2c([C@H](C)CC)nc3ccc(Br)cc3c2=O)cc(OC)c1OCC(C)(C)C. The summed E-state index contributed by atoms with van der Waals surface area (Å²) in [6.07, 6.45) is 4.94. The summed E-state index contributed by atoms with van der Waals surface area (Å²) in [4.78, 5) is 18.2. The molecular formula is C28H34BrN3O3. The van der Waals surface area contributed by atoms with Crippen LogP contribution >= 0.6 is 15.9 Å². The van der Waals surface area contributed by atoms with E-state index in [4.69, 9.17) is 14.5 Å². The first-order chi connectivity index (χ1) is 16.6. The fourth-order valence-corrected chi connectivity index (χ4v) is 3.93. The minimum Gasteiger partial charge on any atom is -0.493 e. The van der Waals surface area contributed by atoms with Gasteiger partial charge in [-0.2, -0.15) is 9.78 Å². The van der Waals surface area contributed by atoms with Crippen molar-refractivity contribution in [1.29, 1.82) is 0 Å². The number of hydrogen-bond acceptors (Lipinski definition) is 5. The number of rotatable bonds is 9. The molecule has 0 aliphatic rings. The number of ether oxygens (including phenoxy) is 2. The molecule has 6 nitrogen and oxygen atoms in total. The van der Waals surface area contributed by atoms with Gasteiger partial charge >= 0.3 is 0 Å². The van der Waals surface area contributed by atoms with Gasteiger partial charge in [-0.1, -0.05) is 56.6 Å². The zero-order valence-corrected chi connectivity index (χ0v) is 23.0. The van der Waals surface area contributed by atoms with Gasteiger partial charge in [-0.25, -0.2) is 4.98 Å². The average Bonchev–Trinajstić information content (AvgIpc) is 2.81. The highest BCUT2D eigenvalue weighted by atomic mass is 79.9. The van der Waals surface area contributed by atoms with Crippen LogP contribution in [0, 0.1) is 5.41 Å². The van der Waals surface area contributed by atoms with E-state index in [1.807, 2.05) is 37.3 Å². The number of methoxy groups -OCH3 is 1. The van der Waals surface area contributed by atoms with E-state index in [2.05, 4.69) is 55.3 Å². The van der Waals surface area contributed by atoms with Crippen molar-refractivity contribution in [3.63, 3.8) is 0 Å². The molecule has 1 aromatic heterocycles. The van der Waals surface area contributed by atoms with Gasteiger partial charge in [0.1, 0.15) is 5.82 Å². The third-order valence-corrected chi connectivity index (χ3v) is 6.09. The van der Waals surface area contributed by atoms with Gasteiger partial charge in [0.05, 0.1) is 30.8 Å². The average molecular weight is 541 g/mol. The summed E-state index contributed by atoms with van der Waals surface area (Å²) in [5.41, 5.74) is 2.20. The van der Waals surface area contributed by atoms with Gasteiger partial charge in [0.25, 0.3) is 5.56 Å². The topological polar surface area (TPSA) is 65.7 Å². The summed E-state index contributed by atoms with van der Waals surface area (Å²) in [6, 6.07) is 9.38. The molecule has 7 heteroatoms. The Bertz CT molecular complexity index is 1310. The number of allylic oxidation sites excluding steroid dienone is 1. The van der Waals surface area contributed by atoms with Crippen molar-refractivity contribution in [1.82, 2.24) is 9.66 Å². The third kappa shape index (κ3) is 6.40. The number of fused-ring (bicyclic) bond motifs is 1. The maximum Gasteiger partial charge on any atom is 0.282 e. The summed E-state index contributed by atoms with van der Waals surface area (Å²) < 4.78 is 14.0. The van der Waals surface area contributed by atoms with E-state index >= 15 is 0 Å². The summed E-state index contributed by atoms with van der Waals surface area (Å²) in [5.74, 6) is 2.01. The molecule has 0 aliphatic heterocycles. The van der Waals surface area contributed by atoms with Gasteiger partial charge < -0.3 is 9.47 Å². The van der Waals surface area contributed by atoms with Crippen molar-refractivity contribution in [3.05, 3.63) is 74.8 Å². The van der Waals surface area contributed by atoms with Gasteiger partial charge in [0.15, 0.2) is 11.5 Å². The van der Waals surface area contributed by atoms with Crippen LogP contribution in [0.25, 0.3) is 10.9 Å². The van der Waals surface area contributed by atoms with Crippen LogP contribution in [-0.4, -0.2) is 29.6 Å². The molecule has 0 fully saturated rings. The van der Waals surface area contributed by atoms with Crippen molar-refractivity contribution in [3.8, 4) is 11.5 Å². The zero-order valence-electron chi connectivity index (χ0n) is 21.4. The summed E-state index contributed by atoms with van der Waals surface area (Å²) in [7, 11) is 1.62. The predicted molar refractivity (Wildman–Crippen MR) is 147 cm³/mol. The first-order valence-corrected chi connectivity index (χ1v) is 12.6. The molecule has 0 saturated heterocycles. The van der Waals surface area contributed by atoms with E-state index in [1.165, 1.54) is 4.68 Å². The summed E-state index contributed by atoms with van der Waals surface area (Å²) in [6.45, 7) is 14.9. The van der Waals surface area contributed by atoms with Gasteiger partial charge in [0, 0.05) is 16.0 Å². The number of nitrogens with zero attached hydrogens (tertiary/aromatic N) is 3. The number of benzene rings is 2. The second kappa shape index (κ2) is 11.2. The Morgan fingerprint density at radius 1 is 1.26 bits per heavy atom. The number of halogens is 1. The van der Waals surface area contributed by atoms with Crippen LogP contribution in [0.2, 0.25) is 0 Å².